The summed E-state index contributed by atoms with van der Waals surface area (Å²) >= 11 is 1.14. The molecule has 5 nitrogen and oxygen atoms in total. The molecular formula is C13H14N2O3S2. The van der Waals surface area contributed by atoms with E-state index in [-0.39, 0.29) is 4.21 Å². The number of amides is 1. The largest absolute Gasteiger partial charge is 0.273 e. The molecule has 0 aliphatic rings. The molecule has 0 saturated carbocycles. The van der Waals surface area contributed by atoms with Crippen LogP contribution in [0.25, 0.3) is 0 Å². The van der Waals surface area contributed by atoms with Gasteiger partial charge in [0.1, 0.15) is 4.21 Å². The summed E-state index contributed by atoms with van der Waals surface area (Å²) in [6, 6.07) is 10.2. The van der Waals surface area contributed by atoms with E-state index in [9.17, 15) is 13.2 Å². The highest BCUT2D eigenvalue weighted by Gasteiger charge is 2.17. The smallest absolute Gasteiger partial charge is 0.266 e. The molecule has 0 aliphatic carbocycles. The molecule has 20 heavy (non-hydrogen) atoms. The number of carbonyl (C=O) groups excluding carboxylic acids is 1. The van der Waals surface area contributed by atoms with Gasteiger partial charge in [-0.05, 0) is 37.6 Å². The summed E-state index contributed by atoms with van der Waals surface area (Å²) in [4.78, 5) is 14.9. The van der Waals surface area contributed by atoms with Gasteiger partial charge in [0, 0.05) is 10.4 Å². The van der Waals surface area contributed by atoms with Crippen molar-refractivity contribution in [1.82, 2.24) is 10.3 Å². The molecule has 0 bridgehead atoms. The first kappa shape index (κ1) is 14.7. The molecule has 2 aromatic rings. The van der Waals surface area contributed by atoms with Crippen molar-refractivity contribution in [1.29, 1.82) is 0 Å². The first-order valence-corrected chi connectivity index (χ1v) is 8.14. The zero-order chi connectivity index (χ0) is 14.8. The second-order valence-electron chi connectivity index (χ2n) is 4.24. The summed E-state index contributed by atoms with van der Waals surface area (Å²) in [5.41, 5.74) is 3.42. The van der Waals surface area contributed by atoms with E-state index in [4.69, 9.17) is 0 Å². The fraction of sp³-hybridized carbons (Fsp3) is 0.154. The Kier molecular flexibility index (Phi) is 4.22. The Morgan fingerprint density at radius 2 is 1.80 bits per heavy atom. The van der Waals surface area contributed by atoms with Crippen molar-refractivity contribution in [3.05, 3.63) is 52.4 Å². The van der Waals surface area contributed by atoms with Crippen LogP contribution < -0.4 is 10.3 Å². The molecule has 0 fully saturated rings. The van der Waals surface area contributed by atoms with Gasteiger partial charge in [-0.2, -0.15) is 0 Å². The summed E-state index contributed by atoms with van der Waals surface area (Å²) in [6.45, 7) is 3.60. The molecule has 7 heteroatoms. The van der Waals surface area contributed by atoms with Crippen molar-refractivity contribution in [2.45, 2.75) is 18.1 Å². The highest BCUT2D eigenvalue weighted by atomic mass is 32.2. The minimum atomic E-state index is -3.72. The van der Waals surface area contributed by atoms with E-state index in [0.29, 0.717) is 5.56 Å². The van der Waals surface area contributed by atoms with E-state index in [1.807, 2.05) is 13.0 Å². The molecule has 0 aliphatic heterocycles. The normalized spacial score (nSPS) is 11.3. The van der Waals surface area contributed by atoms with Crippen molar-refractivity contribution >= 4 is 27.3 Å². The SMILES string of the molecule is Cc1ccc(S(=O)(=O)NNC(=O)c2ccccc2C)s1. The molecule has 0 spiro atoms. The summed E-state index contributed by atoms with van der Waals surface area (Å²) in [7, 11) is -3.72. The molecule has 2 rings (SSSR count). The first-order chi connectivity index (χ1) is 9.40. The van der Waals surface area contributed by atoms with Gasteiger partial charge in [-0.25, -0.2) is 8.42 Å². The number of aryl methyl sites for hydroxylation is 2. The summed E-state index contributed by atoms with van der Waals surface area (Å²) < 4.78 is 24.1. The van der Waals surface area contributed by atoms with Crippen LogP contribution >= 0.6 is 11.3 Å². The molecule has 0 atom stereocenters. The molecule has 0 saturated heterocycles. The van der Waals surface area contributed by atoms with Crippen LogP contribution in [-0.2, 0) is 10.0 Å². The topological polar surface area (TPSA) is 75.3 Å². The fourth-order valence-electron chi connectivity index (χ4n) is 1.62. The Bertz CT molecular complexity index is 736. The summed E-state index contributed by atoms with van der Waals surface area (Å²) in [5.74, 6) is -0.486. The second kappa shape index (κ2) is 5.74. The van der Waals surface area contributed by atoms with Gasteiger partial charge in [-0.3, -0.25) is 10.2 Å². The van der Waals surface area contributed by atoms with E-state index >= 15 is 0 Å². The third kappa shape index (κ3) is 3.24. The lowest BCUT2D eigenvalue weighted by Gasteiger charge is -2.08. The van der Waals surface area contributed by atoms with Crippen LogP contribution in [-0.4, -0.2) is 14.3 Å². The molecular weight excluding hydrogens is 296 g/mol. The fourth-order valence-corrected chi connectivity index (χ4v) is 3.74. The molecule has 106 valence electrons. The molecule has 2 N–H and O–H groups in total. The van der Waals surface area contributed by atoms with Crippen LogP contribution in [0.2, 0.25) is 0 Å². The minimum absolute atomic E-state index is 0.167. The molecule has 1 aromatic carbocycles. The number of rotatable bonds is 4. The van der Waals surface area contributed by atoms with Gasteiger partial charge in [0.05, 0.1) is 0 Å². The van der Waals surface area contributed by atoms with E-state index in [1.165, 1.54) is 6.07 Å². The lowest BCUT2D eigenvalue weighted by Crippen LogP contribution is -2.41. The zero-order valence-corrected chi connectivity index (χ0v) is 12.6. The maximum atomic E-state index is 12.0. The number of benzene rings is 1. The average molecular weight is 310 g/mol. The molecule has 1 heterocycles. The molecule has 0 unspecified atom stereocenters. The third-order valence-corrected chi connectivity index (χ3v) is 5.41. The summed E-state index contributed by atoms with van der Waals surface area (Å²) in [5, 5.41) is 0. The number of sulfonamides is 1. The lowest BCUT2D eigenvalue weighted by molar-refractivity contribution is 0.0944. The molecule has 1 aromatic heterocycles. The van der Waals surface area contributed by atoms with E-state index in [1.54, 1.807) is 31.2 Å². The molecule has 0 radical (unpaired) electrons. The maximum Gasteiger partial charge on any atom is 0.266 e. The van der Waals surface area contributed by atoms with Crippen LogP contribution in [0.4, 0.5) is 0 Å². The van der Waals surface area contributed by atoms with Gasteiger partial charge >= 0.3 is 0 Å². The Morgan fingerprint density at radius 1 is 1.10 bits per heavy atom. The standard InChI is InChI=1S/C13H14N2O3S2/c1-9-5-3-4-6-11(9)13(16)14-15-20(17,18)12-8-7-10(2)19-12/h3-8,15H,1-2H3,(H,14,16). The zero-order valence-electron chi connectivity index (χ0n) is 11.0. The predicted molar refractivity (Wildman–Crippen MR) is 78.0 cm³/mol. The van der Waals surface area contributed by atoms with Gasteiger partial charge < -0.3 is 0 Å². The van der Waals surface area contributed by atoms with E-state index < -0.39 is 15.9 Å². The van der Waals surface area contributed by atoms with Crippen LogP contribution in [0.1, 0.15) is 20.8 Å². The van der Waals surface area contributed by atoms with Crippen molar-refractivity contribution in [2.75, 3.05) is 0 Å². The number of nitrogens with one attached hydrogen (secondary N) is 2. The van der Waals surface area contributed by atoms with Gasteiger partial charge in [-0.1, -0.05) is 18.2 Å². The van der Waals surface area contributed by atoms with Gasteiger partial charge in [0.15, 0.2) is 0 Å². The summed E-state index contributed by atoms with van der Waals surface area (Å²) in [6.07, 6.45) is 0. The Hall–Kier alpha value is -1.70. The minimum Gasteiger partial charge on any atom is -0.273 e. The quantitative estimate of drug-likeness (QED) is 0.848. The highest BCUT2D eigenvalue weighted by molar-refractivity contribution is 7.91. The lowest BCUT2D eigenvalue weighted by atomic mass is 10.1. The van der Waals surface area contributed by atoms with Crippen LogP contribution in [0, 0.1) is 13.8 Å². The average Bonchev–Trinajstić information content (AvgIpc) is 2.84. The number of hydrazine groups is 1. The van der Waals surface area contributed by atoms with Crippen LogP contribution in [0.3, 0.4) is 0 Å². The maximum absolute atomic E-state index is 12.0. The Labute approximate surface area is 121 Å². The van der Waals surface area contributed by atoms with Crippen molar-refractivity contribution in [3.63, 3.8) is 0 Å². The van der Waals surface area contributed by atoms with E-state index in [2.05, 4.69) is 10.3 Å². The highest BCUT2D eigenvalue weighted by Crippen LogP contribution is 2.19. The van der Waals surface area contributed by atoms with Gasteiger partial charge in [0.25, 0.3) is 15.9 Å². The van der Waals surface area contributed by atoms with Gasteiger partial charge in [-0.15, -0.1) is 16.2 Å². The van der Waals surface area contributed by atoms with E-state index in [0.717, 1.165) is 21.8 Å². The first-order valence-electron chi connectivity index (χ1n) is 5.84. The van der Waals surface area contributed by atoms with Gasteiger partial charge in [0.2, 0.25) is 0 Å². The predicted octanol–water partition coefficient (Wildman–Crippen LogP) is 1.99. The number of hydrogen-bond donors (Lipinski definition) is 2. The second-order valence-corrected chi connectivity index (χ2v) is 7.44. The molecule has 1 amide bonds. The van der Waals surface area contributed by atoms with Crippen molar-refractivity contribution < 1.29 is 13.2 Å². The third-order valence-electron chi connectivity index (χ3n) is 2.67. The number of thiophene rings is 1. The van der Waals surface area contributed by atoms with Crippen molar-refractivity contribution in [3.8, 4) is 0 Å². The Morgan fingerprint density at radius 3 is 2.40 bits per heavy atom. The Balaban J connectivity index is 2.09. The van der Waals surface area contributed by atoms with Crippen LogP contribution in [0.15, 0.2) is 40.6 Å². The van der Waals surface area contributed by atoms with Crippen LogP contribution in [0.5, 0.6) is 0 Å². The monoisotopic (exact) mass is 310 g/mol. The number of carbonyl (C=O) groups is 1. The number of hydrogen-bond acceptors (Lipinski definition) is 4. The van der Waals surface area contributed by atoms with Crippen molar-refractivity contribution in [2.24, 2.45) is 0 Å².